The third-order valence-electron chi connectivity index (χ3n) is 3.17. The summed E-state index contributed by atoms with van der Waals surface area (Å²) in [6.45, 7) is 2.13. The average Bonchev–Trinajstić information content (AvgIpc) is 2.84. The highest BCUT2D eigenvalue weighted by Crippen LogP contribution is 2.44. The van der Waals surface area contributed by atoms with E-state index in [0.29, 0.717) is 5.58 Å². The summed E-state index contributed by atoms with van der Waals surface area (Å²) in [4.78, 5) is 12.0. The summed E-state index contributed by atoms with van der Waals surface area (Å²) in [5.74, 6) is 1.18. The van der Waals surface area contributed by atoms with Crippen molar-refractivity contribution in [1.29, 1.82) is 0 Å². The largest absolute Gasteiger partial charge is 0.506 e. The van der Waals surface area contributed by atoms with Gasteiger partial charge in [-0.05, 0) is 12.2 Å². The summed E-state index contributed by atoms with van der Waals surface area (Å²) in [5, 5.41) is 12.0. The van der Waals surface area contributed by atoms with E-state index in [4.69, 9.17) is 4.42 Å². The smallest absolute Gasteiger partial charge is 0.396 e. The molecule has 3 rings (SSSR count). The Morgan fingerprint density at radius 2 is 2.05 bits per heavy atom. The van der Waals surface area contributed by atoms with Crippen LogP contribution in [-0.4, -0.2) is 10.9 Å². The molecular weight excluding hydrogens is 292 g/mol. The Hall–Kier alpha value is -1.46. The fraction of sp³-hybridized carbons (Fsp3) is 0.267. The predicted molar refractivity (Wildman–Crippen MR) is 85.2 cm³/mol. The molecule has 20 heavy (non-hydrogen) atoms. The van der Waals surface area contributed by atoms with Crippen molar-refractivity contribution < 1.29 is 9.52 Å². The molecule has 0 aliphatic carbocycles. The number of unbranched alkanes of at least 4 members (excludes halogenated alkanes) is 1. The molecule has 0 unspecified atom stereocenters. The van der Waals surface area contributed by atoms with Crippen molar-refractivity contribution in [2.24, 2.45) is 0 Å². The molecule has 0 bridgehead atoms. The van der Waals surface area contributed by atoms with E-state index in [0.717, 1.165) is 50.3 Å². The molecule has 104 valence electrons. The molecule has 1 N–H and O–H groups in total. The summed E-state index contributed by atoms with van der Waals surface area (Å²) in [6.07, 6.45) is 2.18. The van der Waals surface area contributed by atoms with Crippen LogP contribution < -0.4 is 4.94 Å². The Balaban J connectivity index is 2.29. The van der Waals surface area contributed by atoms with E-state index in [1.165, 1.54) is 0 Å². The second-order valence-electron chi connectivity index (χ2n) is 4.54. The summed E-state index contributed by atoms with van der Waals surface area (Å²) >= 11 is 2.65. The van der Waals surface area contributed by atoms with E-state index in [1.54, 1.807) is 11.8 Å². The van der Waals surface area contributed by atoms with Gasteiger partial charge in [-0.15, -0.1) is 11.8 Å². The van der Waals surface area contributed by atoms with E-state index in [-0.39, 0.29) is 10.7 Å². The van der Waals surface area contributed by atoms with Crippen LogP contribution in [-0.2, 0) is 0 Å². The van der Waals surface area contributed by atoms with E-state index in [9.17, 15) is 9.90 Å². The van der Waals surface area contributed by atoms with E-state index < -0.39 is 0 Å². The van der Waals surface area contributed by atoms with Gasteiger partial charge in [-0.25, -0.2) is 4.79 Å². The molecule has 2 aromatic carbocycles. The maximum Gasteiger partial charge on any atom is 0.396 e. The lowest BCUT2D eigenvalue weighted by atomic mass is 10.1. The molecular formula is C15H14O3S2. The molecule has 3 aromatic rings. The number of hydrogen-bond acceptors (Lipinski definition) is 5. The standard InChI is InChI=1S/C15H14O3S2/c1-2-3-8-19-13-11(16)9-6-4-5-7-10(9)12-14(13)20-15(17)18-12/h4-7,16H,2-3,8H2,1H3. The molecule has 1 aromatic heterocycles. The van der Waals surface area contributed by atoms with Gasteiger partial charge in [0.2, 0.25) is 0 Å². The number of aromatic hydroxyl groups is 1. The van der Waals surface area contributed by atoms with Gasteiger partial charge in [-0.2, -0.15) is 0 Å². The molecule has 1 heterocycles. The van der Waals surface area contributed by atoms with Crippen molar-refractivity contribution in [3.05, 3.63) is 34.0 Å². The number of phenolic OH excluding ortho intramolecular Hbond substituents is 1. The van der Waals surface area contributed by atoms with Crippen LogP contribution >= 0.6 is 23.1 Å². The lowest BCUT2D eigenvalue weighted by Crippen LogP contribution is -1.83. The zero-order valence-electron chi connectivity index (χ0n) is 11.0. The van der Waals surface area contributed by atoms with Crippen molar-refractivity contribution in [3.63, 3.8) is 0 Å². The lowest BCUT2D eigenvalue weighted by Gasteiger charge is -2.08. The number of thioether (sulfide) groups is 1. The third kappa shape index (κ3) is 2.21. The zero-order chi connectivity index (χ0) is 14.1. The predicted octanol–water partition coefficient (Wildman–Crippen LogP) is 4.61. The molecule has 0 fully saturated rings. The molecule has 0 amide bonds. The minimum atomic E-state index is -0.326. The zero-order valence-corrected chi connectivity index (χ0v) is 12.6. The second-order valence-corrected chi connectivity index (χ2v) is 6.59. The van der Waals surface area contributed by atoms with Gasteiger partial charge in [0.05, 0.1) is 9.60 Å². The van der Waals surface area contributed by atoms with E-state index in [1.807, 2.05) is 24.3 Å². The van der Waals surface area contributed by atoms with Gasteiger partial charge in [0.1, 0.15) is 5.75 Å². The number of benzene rings is 2. The van der Waals surface area contributed by atoms with E-state index >= 15 is 0 Å². The minimum absolute atomic E-state index is 0.256. The molecule has 3 nitrogen and oxygen atoms in total. The Kier molecular flexibility index (Phi) is 3.72. The highest BCUT2D eigenvalue weighted by Gasteiger charge is 2.18. The van der Waals surface area contributed by atoms with Crippen molar-refractivity contribution in [1.82, 2.24) is 0 Å². The van der Waals surface area contributed by atoms with Gasteiger partial charge in [0, 0.05) is 10.8 Å². The van der Waals surface area contributed by atoms with Gasteiger partial charge in [0.15, 0.2) is 5.58 Å². The van der Waals surface area contributed by atoms with Crippen LogP contribution in [0, 0.1) is 0 Å². The normalized spacial score (nSPS) is 11.4. The monoisotopic (exact) mass is 306 g/mol. The van der Waals surface area contributed by atoms with Crippen molar-refractivity contribution >= 4 is 44.2 Å². The molecule has 0 aliphatic rings. The quantitative estimate of drug-likeness (QED) is 0.565. The van der Waals surface area contributed by atoms with Crippen LogP contribution in [0.1, 0.15) is 19.8 Å². The van der Waals surface area contributed by atoms with Crippen LogP contribution in [0.15, 0.2) is 38.4 Å². The minimum Gasteiger partial charge on any atom is -0.506 e. The highest BCUT2D eigenvalue weighted by molar-refractivity contribution is 7.99. The molecule has 5 heteroatoms. The molecule has 0 saturated carbocycles. The highest BCUT2D eigenvalue weighted by atomic mass is 32.2. The topological polar surface area (TPSA) is 50.4 Å². The van der Waals surface area contributed by atoms with Crippen molar-refractivity contribution in [2.45, 2.75) is 24.7 Å². The Bertz CT molecular complexity index is 817. The first-order valence-electron chi connectivity index (χ1n) is 6.52. The summed E-state index contributed by atoms with van der Waals surface area (Å²) in [5.41, 5.74) is 0.590. The fourth-order valence-electron chi connectivity index (χ4n) is 2.18. The second kappa shape index (κ2) is 5.50. The van der Waals surface area contributed by atoms with Crippen LogP contribution in [0.4, 0.5) is 0 Å². The summed E-state index contributed by atoms with van der Waals surface area (Å²) in [6, 6.07) is 7.47. The summed E-state index contributed by atoms with van der Waals surface area (Å²) in [7, 11) is 0. The summed E-state index contributed by atoms with van der Waals surface area (Å²) < 4.78 is 6.08. The Labute approximate surface area is 124 Å². The Morgan fingerprint density at radius 1 is 1.30 bits per heavy atom. The maximum absolute atomic E-state index is 11.6. The molecule has 0 radical (unpaired) electrons. The van der Waals surface area contributed by atoms with Crippen molar-refractivity contribution in [3.8, 4) is 5.75 Å². The average molecular weight is 306 g/mol. The number of phenols is 1. The molecule has 0 atom stereocenters. The van der Waals surface area contributed by atoms with Gasteiger partial charge >= 0.3 is 4.94 Å². The van der Waals surface area contributed by atoms with Crippen LogP contribution in [0.3, 0.4) is 0 Å². The van der Waals surface area contributed by atoms with Crippen molar-refractivity contribution in [2.75, 3.05) is 5.75 Å². The third-order valence-corrected chi connectivity index (χ3v) is 5.32. The van der Waals surface area contributed by atoms with Gasteiger partial charge in [-0.3, -0.25) is 0 Å². The number of rotatable bonds is 4. The molecule has 0 aliphatic heterocycles. The molecule has 0 saturated heterocycles. The van der Waals surface area contributed by atoms with Gasteiger partial charge in [-0.1, -0.05) is 48.9 Å². The van der Waals surface area contributed by atoms with Gasteiger partial charge in [0.25, 0.3) is 0 Å². The van der Waals surface area contributed by atoms with Crippen LogP contribution in [0.2, 0.25) is 0 Å². The van der Waals surface area contributed by atoms with E-state index in [2.05, 4.69) is 6.92 Å². The van der Waals surface area contributed by atoms with Crippen LogP contribution in [0.5, 0.6) is 5.75 Å². The first-order valence-corrected chi connectivity index (χ1v) is 8.32. The van der Waals surface area contributed by atoms with Gasteiger partial charge < -0.3 is 9.52 Å². The molecule has 0 spiro atoms. The maximum atomic E-state index is 11.6. The number of hydrogen-bond donors (Lipinski definition) is 1. The first-order chi connectivity index (χ1) is 9.72. The Morgan fingerprint density at radius 3 is 2.80 bits per heavy atom. The number of fused-ring (bicyclic) bond motifs is 3. The lowest BCUT2D eigenvalue weighted by molar-refractivity contribution is 0.470. The first kappa shape index (κ1) is 13.5. The fourth-order valence-corrected chi connectivity index (χ4v) is 4.31. The van der Waals surface area contributed by atoms with Crippen LogP contribution in [0.25, 0.3) is 21.1 Å². The SMILES string of the molecule is CCCCSc1c(O)c2ccccc2c2oc(=O)sc12.